The van der Waals surface area contributed by atoms with Crippen LogP contribution in [0.5, 0.6) is 0 Å². The predicted octanol–water partition coefficient (Wildman–Crippen LogP) is 2.48. The third-order valence-corrected chi connectivity index (χ3v) is 3.04. The molecule has 0 radical (unpaired) electrons. The van der Waals surface area contributed by atoms with Gasteiger partial charge < -0.3 is 16.8 Å². The molecule has 5 N–H and O–H groups in total. The van der Waals surface area contributed by atoms with Gasteiger partial charge in [-0.15, -0.1) is 0 Å². The normalized spacial score (nSPS) is 11.9. The van der Waals surface area contributed by atoms with E-state index in [0.29, 0.717) is 16.9 Å². The van der Waals surface area contributed by atoms with Gasteiger partial charge in [-0.2, -0.15) is 0 Å². The zero-order valence-electron chi connectivity index (χ0n) is 11.1. The zero-order valence-corrected chi connectivity index (χ0v) is 11.1. The second-order valence-corrected chi connectivity index (χ2v) is 4.59. The summed E-state index contributed by atoms with van der Waals surface area (Å²) in [6.45, 7) is 1.82. The summed E-state index contributed by atoms with van der Waals surface area (Å²) >= 11 is 0. The quantitative estimate of drug-likeness (QED) is 0.751. The zero-order chi connectivity index (χ0) is 14.7. The van der Waals surface area contributed by atoms with Crippen molar-refractivity contribution >= 4 is 17.3 Å². The van der Waals surface area contributed by atoms with Crippen molar-refractivity contribution in [1.82, 2.24) is 5.32 Å². The molecule has 2 aromatic rings. The smallest absolute Gasteiger partial charge is 0.253 e. The van der Waals surface area contributed by atoms with Crippen molar-refractivity contribution in [3.63, 3.8) is 0 Å². The van der Waals surface area contributed by atoms with Crippen LogP contribution in [-0.4, -0.2) is 5.91 Å². The van der Waals surface area contributed by atoms with E-state index in [4.69, 9.17) is 11.5 Å². The fourth-order valence-corrected chi connectivity index (χ4v) is 1.90. The first-order valence-corrected chi connectivity index (χ1v) is 6.18. The molecular weight excluding hydrogens is 257 g/mol. The minimum absolute atomic E-state index is 0.250. The highest BCUT2D eigenvalue weighted by molar-refractivity contribution is 5.99. The Morgan fingerprint density at radius 1 is 1.15 bits per heavy atom. The lowest BCUT2D eigenvalue weighted by atomic mass is 10.1. The fraction of sp³-hybridized carbons (Fsp3) is 0.133. The second kappa shape index (κ2) is 5.61. The largest absolute Gasteiger partial charge is 0.399 e. The monoisotopic (exact) mass is 273 g/mol. The average molecular weight is 273 g/mol. The number of benzene rings is 2. The molecular formula is C15H16FN3O. The molecule has 0 heterocycles. The summed E-state index contributed by atoms with van der Waals surface area (Å²) in [7, 11) is 0. The van der Waals surface area contributed by atoms with Crippen LogP contribution in [0.3, 0.4) is 0 Å². The number of hydrogen-bond donors (Lipinski definition) is 3. The molecule has 0 aromatic heterocycles. The molecule has 1 amide bonds. The summed E-state index contributed by atoms with van der Waals surface area (Å²) in [5.74, 6) is -0.602. The molecule has 1 unspecified atom stereocenters. The summed E-state index contributed by atoms with van der Waals surface area (Å²) in [4.78, 5) is 12.1. The Hall–Kier alpha value is -2.56. The lowest BCUT2D eigenvalue weighted by Crippen LogP contribution is -2.27. The first-order chi connectivity index (χ1) is 9.47. The SMILES string of the molecule is CC(NC(=O)c1ccc(N)cc1N)c1ccc(F)cc1. The van der Waals surface area contributed by atoms with Gasteiger partial charge in [0.2, 0.25) is 0 Å². The molecule has 0 spiro atoms. The van der Waals surface area contributed by atoms with Gasteiger partial charge in [0.25, 0.3) is 5.91 Å². The van der Waals surface area contributed by atoms with Crippen LogP contribution in [0.25, 0.3) is 0 Å². The lowest BCUT2D eigenvalue weighted by Gasteiger charge is -2.15. The van der Waals surface area contributed by atoms with Gasteiger partial charge in [0.1, 0.15) is 5.82 Å². The van der Waals surface area contributed by atoms with Gasteiger partial charge in [0.15, 0.2) is 0 Å². The van der Waals surface area contributed by atoms with Gasteiger partial charge in [-0.1, -0.05) is 12.1 Å². The van der Waals surface area contributed by atoms with E-state index in [1.54, 1.807) is 24.3 Å². The number of amides is 1. The summed E-state index contributed by atoms with van der Waals surface area (Å²) in [5.41, 5.74) is 13.4. The predicted molar refractivity (Wildman–Crippen MR) is 77.5 cm³/mol. The van der Waals surface area contributed by atoms with Crippen molar-refractivity contribution in [3.05, 3.63) is 59.4 Å². The highest BCUT2D eigenvalue weighted by Gasteiger charge is 2.13. The molecule has 0 bridgehead atoms. The van der Waals surface area contributed by atoms with E-state index in [-0.39, 0.29) is 17.8 Å². The molecule has 4 nitrogen and oxygen atoms in total. The molecule has 104 valence electrons. The summed E-state index contributed by atoms with van der Waals surface area (Å²) in [6, 6.07) is 10.5. The van der Waals surface area contributed by atoms with Crippen molar-refractivity contribution < 1.29 is 9.18 Å². The van der Waals surface area contributed by atoms with Crippen LogP contribution in [0.15, 0.2) is 42.5 Å². The van der Waals surface area contributed by atoms with Crippen LogP contribution in [0.2, 0.25) is 0 Å². The number of nitrogens with one attached hydrogen (secondary N) is 1. The highest BCUT2D eigenvalue weighted by atomic mass is 19.1. The Kier molecular flexibility index (Phi) is 3.89. The molecule has 0 saturated heterocycles. The van der Waals surface area contributed by atoms with E-state index in [1.807, 2.05) is 6.92 Å². The third kappa shape index (κ3) is 3.06. The third-order valence-electron chi connectivity index (χ3n) is 3.04. The first-order valence-electron chi connectivity index (χ1n) is 6.18. The van der Waals surface area contributed by atoms with Crippen LogP contribution in [0.1, 0.15) is 28.9 Å². The van der Waals surface area contributed by atoms with Gasteiger partial charge in [-0.25, -0.2) is 4.39 Å². The van der Waals surface area contributed by atoms with Crippen LogP contribution in [-0.2, 0) is 0 Å². The molecule has 0 fully saturated rings. The molecule has 2 aromatic carbocycles. The number of carbonyl (C=O) groups excluding carboxylic acids is 1. The summed E-state index contributed by atoms with van der Waals surface area (Å²) in [6.07, 6.45) is 0. The van der Waals surface area contributed by atoms with Gasteiger partial charge in [-0.05, 0) is 42.8 Å². The van der Waals surface area contributed by atoms with E-state index in [0.717, 1.165) is 5.56 Å². The number of carbonyl (C=O) groups is 1. The minimum Gasteiger partial charge on any atom is -0.399 e. The van der Waals surface area contributed by atoms with Gasteiger partial charge in [0, 0.05) is 11.4 Å². The average Bonchev–Trinajstić information content (AvgIpc) is 2.39. The molecule has 1 atom stereocenters. The standard InChI is InChI=1S/C15H16FN3O/c1-9(10-2-4-11(16)5-3-10)19-15(20)13-7-6-12(17)8-14(13)18/h2-9H,17-18H2,1H3,(H,19,20). The van der Waals surface area contributed by atoms with Crippen molar-refractivity contribution in [3.8, 4) is 0 Å². The second-order valence-electron chi connectivity index (χ2n) is 4.59. The fourth-order valence-electron chi connectivity index (χ4n) is 1.90. The Labute approximate surface area is 116 Å². The van der Waals surface area contributed by atoms with Gasteiger partial charge in [-0.3, -0.25) is 4.79 Å². The maximum absolute atomic E-state index is 12.9. The molecule has 0 aliphatic rings. The van der Waals surface area contributed by atoms with Crippen molar-refractivity contribution in [1.29, 1.82) is 0 Å². The summed E-state index contributed by atoms with van der Waals surface area (Å²) < 4.78 is 12.9. The maximum atomic E-state index is 12.9. The molecule has 0 aliphatic heterocycles. The first kappa shape index (κ1) is 13.9. The molecule has 0 aliphatic carbocycles. The molecule has 2 rings (SSSR count). The topological polar surface area (TPSA) is 81.1 Å². The minimum atomic E-state index is -0.310. The number of rotatable bonds is 3. The Morgan fingerprint density at radius 3 is 2.40 bits per heavy atom. The van der Waals surface area contributed by atoms with E-state index in [2.05, 4.69) is 5.32 Å². The number of nitrogen functional groups attached to an aromatic ring is 2. The van der Waals surface area contributed by atoms with Crippen molar-refractivity contribution in [2.24, 2.45) is 0 Å². The van der Waals surface area contributed by atoms with E-state index >= 15 is 0 Å². The number of halogens is 1. The Balaban J connectivity index is 2.13. The molecule has 20 heavy (non-hydrogen) atoms. The van der Waals surface area contributed by atoms with Gasteiger partial charge in [0.05, 0.1) is 11.6 Å². The number of anilines is 2. The van der Waals surface area contributed by atoms with Crippen molar-refractivity contribution in [2.45, 2.75) is 13.0 Å². The maximum Gasteiger partial charge on any atom is 0.253 e. The number of hydrogen-bond acceptors (Lipinski definition) is 3. The highest BCUT2D eigenvalue weighted by Crippen LogP contribution is 2.18. The lowest BCUT2D eigenvalue weighted by molar-refractivity contribution is 0.0941. The van der Waals surface area contributed by atoms with Crippen LogP contribution in [0, 0.1) is 5.82 Å². The number of nitrogens with two attached hydrogens (primary N) is 2. The van der Waals surface area contributed by atoms with E-state index in [1.165, 1.54) is 18.2 Å². The van der Waals surface area contributed by atoms with Crippen molar-refractivity contribution in [2.75, 3.05) is 11.5 Å². The molecule has 0 saturated carbocycles. The Morgan fingerprint density at radius 2 is 1.80 bits per heavy atom. The van der Waals surface area contributed by atoms with Gasteiger partial charge >= 0.3 is 0 Å². The van der Waals surface area contributed by atoms with Crippen LogP contribution < -0.4 is 16.8 Å². The van der Waals surface area contributed by atoms with E-state index < -0.39 is 0 Å². The van der Waals surface area contributed by atoms with Crippen LogP contribution >= 0.6 is 0 Å². The van der Waals surface area contributed by atoms with Crippen LogP contribution in [0.4, 0.5) is 15.8 Å². The molecule has 5 heteroatoms. The Bertz CT molecular complexity index is 626. The van der Waals surface area contributed by atoms with E-state index in [9.17, 15) is 9.18 Å². The summed E-state index contributed by atoms with van der Waals surface area (Å²) in [5, 5.41) is 2.81.